The third-order valence-corrected chi connectivity index (χ3v) is 4.72. The van der Waals surface area contributed by atoms with Crippen LogP contribution in [0.4, 0.5) is 8.78 Å². The average Bonchev–Trinajstić information content (AvgIpc) is 2.60. The zero-order valence-corrected chi connectivity index (χ0v) is 14.2. The van der Waals surface area contributed by atoms with Gasteiger partial charge in [0.2, 0.25) is 0 Å². The number of rotatable bonds is 6. The van der Waals surface area contributed by atoms with Gasteiger partial charge in [-0.3, -0.25) is 4.90 Å². The van der Waals surface area contributed by atoms with E-state index in [0.29, 0.717) is 18.7 Å². The van der Waals surface area contributed by atoms with Gasteiger partial charge in [0.1, 0.15) is 11.6 Å². The summed E-state index contributed by atoms with van der Waals surface area (Å²) in [6, 6.07) is 11.9. The number of piperidine rings is 1. The molecule has 0 saturated carbocycles. The molecule has 0 atom stereocenters. The van der Waals surface area contributed by atoms with Gasteiger partial charge in [0.15, 0.2) is 0 Å². The molecule has 0 aromatic heterocycles. The first kappa shape index (κ1) is 18.0. The van der Waals surface area contributed by atoms with Gasteiger partial charge in [-0.1, -0.05) is 30.3 Å². The molecule has 0 spiro atoms. The van der Waals surface area contributed by atoms with Crippen LogP contribution < -0.4 is 5.32 Å². The maximum absolute atomic E-state index is 13.7. The lowest BCUT2D eigenvalue weighted by atomic mass is 10.0. The molecule has 1 heterocycles. The summed E-state index contributed by atoms with van der Waals surface area (Å²) < 4.78 is 26.6. The number of halogens is 2. The summed E-state index contributed by atoms with van der Waals surface area (Å²) in [5.74, 6) is -1.08. The molecule has 134 valence electrons. The first-order valence-electron chi connectivity index (χ1n) is 8.73. The summed E-state index contributed by atoms with van der Waals surface area (Å²) in [6.07, 6.45) is 1.48. The van der Waals surface area contributed by atoms with E-state index in [1.165, 1.54) is 23.3 Å². The van der Waals surface area contributed by atoms with Crippen molar-refractivity contribution in [1.82, 2.24) is 10.2 Å². The highest BCUT2D eigenvalue weighted by Gasteiger charge is 2.17. The molecule has 0 bridgehead atoms. The molecule has 0 radical (unpaired) electrons. The van der Waals surface area contributed by atoms with E-state index in [1.54, 1.807) is 0 Å². The standard InChI is InChI=1S/C20H24F2N2O/c21-18-6-5-16(20(22)11-18)13-23-12-15-3-1-2-4-17(15)14-24-9-7-19(25)8-10-24/h1-6,11,19,23,25H,7-10,12-14H2. The minimum Gasteiger partial charge on any atom is -0.393 e. The molecule has 0 amide bonds. The maximum atomic E-state index is 13.7. The topological polar surface area (TPSA) is 35.5 Å². The number of hydrogen-bond donors (Lipinski definition) is 2. The van der Waals surface area contributed by atoms with Gasteiger partial charge in [-0.15, -0.1) is 0 Å². The molecule has 2 aromatic rings. The van der Waals surface area contributed by atoms with Crippen LogP contribution >= 0.6 is 0 Å². The molecule has 3 rings (SSSR count). The van der Waals surface area contributed by atoms with E-state index in [9.17, 15) is 13.9 Å². The Hall–Kier alpha value is -1.82. The van der Waals surface area contributed by atoms with Crippen LogP contribution in [0.3, 0.4) is 0 Å². The summed E-state index contributed by atoms with van der Waals surface area (Å²) in [4.78, 5) is 2.35. The van der Waals surface area contributed by atoms with Crippen LogP contribution in [0.5, 0.6) is 0 Å². The smallest absolute Gasteiger partial charge is 0.130 e. The molecule has 1 fully saturated rings. The van der Waals surface area contributed by atoms with Crippen molar-refractivity contribution < 1.29 is 13.9 Å². The van der Waals surface area contributed by atoms with Crippen molar-refractivity contribution in [1.29, 1.82) is 0 Å². The second-order valence-electron chi connectivity index (χ2n) is 6.62. The summed E-state index contributed by atoms with van der Waals surface area (Å²) in [5, 5.41) is 12.9. The SMILES string of the molecule is OC1CCN(Cc2ccccc2CNCc2ccc(F)cc2F)CC1. The maximum Gasteiger partial charge on any atom is 0.130 e. The van der Waals surface area contributed by atoms with E-state index in [0.717, 1.165) is 38.5 Å². The van der Waals surface area contributed by atoms with Gasteiger partial charge in [0, 0.05) is 44.4 Å². The number of aliphatic hydroxyl groups excluding tert-OH is 1. The van der Waals surface area contributed by atoms with Gasteiger partial charge >= 0.3 is 0 Å². The predicted molar refractivity (Wildman–Crippen MR) is 93.9 cm³/mol. The molecule has 1 aliphatic rings. The van der Waals surface area contributed by atoms with Crippen molar-refractivity contribution in [3.05, 3.63) is 70.8 Å². The Labute approximate surface area is 147 Å². The number of aliphatic hydroxyl groups is 1. The fourth-order valence-electron chi connectivity index (χ4n) is 3.20. The van der Waals surface area contributed by atoms with E-state index in [2.05, 4.69) is 22.3 Å². The Kier molecular flexibility index (Phi) is 6.13. The molecule has 3 nitrogen and oxygen atoms in total. The van der Waals surface area contributed by atoms with E-state index >= 15 is 0 Å². The van der Waals surface area contributed by atoms with Crippen molar-refractivity contribution in [3.63, 3.8) is 0 Å². The van der Waals surface area contributed by atoms with Gasteiger partial charge in [0.05, 0.1) is 6.10 Å². The lowest BCUT2D eigenvalue weighted by Crippen LogP contribution is -2.35. The zero-order chi connectivity index (χ0) is 17.6. The Balaban J connectivity index is 1.57. The van der Waals surface area contributed by atoms with Gasteiger partial charge in [0.25, 0.3) is 0 Å². The minimum absolute atomic E-state index is 0.168. The Morgan fingerprint density at radius 2 is 1.64 bits per heavy atom. The first-order valence-corrected chi connectivity index (χ1v) is 8.73. The molecule has 0 unspecified atom stereocenters. The van der Waals surface area contributed by atoms with E-state index in [1.807, 2.05) is 12.1 Å². The van der Waals surface area contributed by atoms with Gasteiger partial charge in [-0.05, 0) is 30.0 Å². The van der Waals surface area contributed by atoms with Crippen LogP contribution in [0.15, 0.2) is 42.5 Å². The van der Waals surface area contributed by atoms with Gasteiger partial charge < -0.3 is 10.4 Å². The van der Waals surface area contributed by atoms with Crippen LogP contribution in [-0.4, -0.2) is 29.2 Å². The molecule has 0 aliphatic carbocycles. The summed E-state index contributed by atoms with van der Waals surface area (Å²) in [6.45, 7) is 3.66. The predicted octanol–water partition coefficient (Wildman–Crippen LogP) is 3.21. The van der Waals surface area contributed by atoms with Crippen LogP contribution in [0.25, 0.3) is 0 Å². The van der Waals surface area contributed by atoms with Crippen molar-refractivity contribution in [2.24, 2.45) is 0 Å². The normalized spacial score (nSPS) is 16.3. The lowest BCUT2D eigenvalue weighted by molar-refractivity contribution is 0.0791. The number of hydrogen-bond acceptors (Lipinski definition) is 3. The highest BCUT2D eigenvalue weighted by molar-refractivity contribution is 5.27. The monoisotopic (exact) mass is 346 g/mol. The second-order valence-corrected chi connectivity index (χ2v) is 6.62. The van der Waals surface area contributed by atoms with Crippen molar-refractivity contribution in [2.75, 3.05) is 13.1 Å². The van der Waals surface area contributed by atoms with Gasteiger partial charge in [-0.2, -0.15) is 0 Å². The van der Waals surface area contributed by atoms with Crippen LogP contribution in [0.2, 0.25) is 0 Å². The fourth-order valence-corrected chi connectivity index (χ4v) is 3.20. The Morgan fingerprint density at radius 1 is 0.960 bits per heavy atom. The zero-order valence-electron chi connectivity index (χ0n) is 14.2. The van der Waals surface area contributed by atoms with Crippen LogP contribution in [0.1, 0.15) is 29.5 Å². The molecular formula is C20H24F2N2O. The first-order chi connectivity index (χ1) is 12.1. The highest BCUT2D eigenvalue weighted by atomic mass is 19.1. The molecule has 25 heavy (non-hydrogen) atoms. The number of benzene rings is 2. The van der Waals surface area contributed by atoms with Crippen LogP contribution in [0, 0.1) is 11.6 Å². The van der Waals surface area contributed by atoms with Gasteiger partial charge in [-0.25, -0.2) is 8.78 Å². The van der Waals surface area contributed by atoms with E-state index in [4.69, 9.17) is 0 Å². The molecular weight excluding hydrogens is 322 g/mol. The van der Waals surface area contributed by atoms with Crippen molar-refractivity contribution in [2.45, 2.75) is 38.6 Å². The Morgan fingerprint density at radius 3 is 2.36 bits per heavy atom. The highest BCUT2D eigenvalue weighted by Crippen LogP contribution is 2.17. The number of likely N-dealkylation sites (tertiary alicyclic amines) is 1. The molecule has 2 N–H and O–H groups in total. The third kappa shape index (κ3) is 5.08. The quantitative estimate of drug-likeness (QED) is 0.843. The molecule has 1 saturated heterocycles. The fraction of sp³-hybridized carbons (Fsp3) is 0.400. The Bertz CT molecular complexity index is 700. The molecule has 2 aromatic carbocycles. The van der Waals surface area contributed by atoms with Crippen LogP contribution in [-0.2, 0) is 19.6 Å². The minimum atomic E-state index is -0.557. The number of nitrogens with zero attached hydrogens (tertiary/aromatic N) is 1. The lowest BCUT2D eigenvalue weighted by Gasteiger charge is -2.30. The largest absolute Gasteiger partial charge is 0.393 e. The van der Waals surface area contributed by atoms with E-state index < -0.39 is 11.6 Å². The van der Waals surface area contributed by atoms with Crippen molar-refractivity contribution >= 4 is 0 Å². The summed E-state index contributed by atoms with van der Waals surface area (Å²) in [5.41, 5.74) is 2.88. The summed E-state index contributed by atoms with van der Waals surface area (Å²) >= 11 is 0. The summed E-state index contributed by atoms with van der Waals surface area (Å²) in [7, 11) is 0. The van der Waals surface area contributed by atoms with E-state index in [-0.39, 0.29) is 6.10 Å². The average molecular weight is 346 g/mol. The molecule has 5 heteroatoms. The molecule has 1 aliphatic heterocycles. The van der Waals surface area contributed by atoms with Crippen molar-refractivity contribution in [3.8, 4) is 0 Å². The third-order valence-electron chi connectivity index (χ3n) is 4.72. The number of nitrogens with one attached hydrogen (secondary N) is 1. The second kappa shape index (κ2) is 8.52.